The van der Waals surface area contributed by atoms with E-state index in [-0.39, 0.29) is 18.6 Å². The molecule has 0 saturated heterocycles. The quantitative estimate of drug-likeness (QED) is 0.843. The van der Waals surface area contributed by atoms with Crippen LogP contribution in [0, 0.1) is 0 Å². The SMILES string of the molecule is CC(CCCO)NC(=O)c1cccc2c1OCCO2. The number of carbonyl (C=O) groups is 1. The number of benzene rings is 1. The molecular weight excluding hydrogens is 246 g/mol. The molecule has 0 saturated carbocycles. The van der Waals surface area contributed by atoms with E-state index >= 15 is 0 Å². The van der Waals surface area contributed by atoms with E-state index in [0.717, 1.165) is 6.42 Å². The molecule has 5 heteroatoms. The van der Waals surface area contributed by atoms with Gasteiger partial charge in [0.05, 0.1) is 5.56 Å². The zero-order chi connectivity index (χ0) is 13.7. The normalized spacial score (nSPS) is 14.8. The van der Waals surface area contributed by atoms with Crippen molar-refractivity contribution in [1.29, 1.82) is 0 Å². The van der Waals surface area contributed by atoms with E-state index in [1.807, 2.05) is 6.92 Å². The minimum absolute atomic E-state index is 0.0139. The highest BCUT2D eigenvalue weighted by Crippen LogP contribution is 2.33. The van der Waals surface area contributed by atoms with Crippen LogP contribution in [0.3, 0.4) is 0 Å². The molecule has 19 heavy (non-hydrogen) atoms. The Kier molecular flexibility index (Phi) is 4.63. The van der Waals surface area contributed by atoms with Crippen LogP contribution >= 0.6 is 0 Å². The summed E-state index contributed by atoms with van der Waals surface area (Å²) in [6, 6.07) is 5.31. The lowest BCUT2D eigenvalue weighted by Gasteiger charge is -2.21. The van der Waals surface area contributed by atoms with E-state index in [2.05, 4.69) is 5.32 Å². The van der Waals surface area contributed by atoms with E-state index in [9.17, 15) is 4.79 Å². The summed E-state index contributed by atoms with van der Waals surface area (Å²) in [5.41, 5.74) is 0.494. The molecule has 0 bridgehead atoms. The lowest BCUT2D eigenvalue weighted by molar-refractivity contribution is 0.0925. The summed E-state index contributed by atoms with van der Waals surface area (Å²) in [6.45, 7) is 3.01. The molecule has 1 atom stereocenters. The van der Waals surface area contributed by atoms with Gasteiger partial charge in [-0.1, -0.05) is 6.07 Å². The molecule has 1 aromatic carbocycles. The van der Waals surface area contributed by atoms with Crippen molar-refractivity contribution in [3.05, 3.63) is 23.8 Å². The topological polar surface area (TPSA) is 67.8 Å². The van der Waals surface area contributed by atoms with E-state index in [0.29, 0.717) is 36.7 Å². The van der Waals surface area contributed by atoms with Crippen molar-refractivity contribution in [2.75, 3.05) is 19.8 Å². The first-order valence-electron chi connectivity index (χ1n) is 6.52. The Labute approximate surface area is 112 Å². The van der Waals surface area contributed by atoms with Gasteiger partial charge in [-0.2, -0.15) is 0 Å². The van der Waals surface area contributed by atoms with Gasteiger partial charge in [0.2, 0.25) is 0 Å². The minimum atomic E-state index is -0.173. The fourth-order valence-electron chi connectivity index (χ4n) is 2.02. The molecule has 0 fully saturated rings. The summed E-state index contributed by atoms with van der Waals surface area (Å²) in [5, 5.41) is 11.7. The number of aliphatic hydroxyl groups excluding tert-OH is 1. The lowest BCUT2D eigenvalue weighted by Crippen LogP contribution is -2.33. The summed E-state index contributed by atoms with van der Waals surface area (Å²) in [7, 11) is 0. The van der Waals surface area contributed by atoms with Crippen LogP contribution in [0.25, 0.3) is 0 Å². The zero-order valence-electron chi connectivity index (χ0n) is 11.0. The Balaban J connectivity index is 2.07. The molecule has 1 aliphatic rings. The number of rotatable bonds is 5. The van der Waals surface area contributed by atoms with Crippen LogP contribution in [0.2, 0.25) is 0 Å². The van der Waals surface area contributed by atoms with Crippen molar-refractivity contribution in [3.8, 4) is 11.5 Å². The van der Waals surface area contributed by atoms with Gasteiger partial charge < -0.3 is 19.9 Å². The number of aliphatic hydroxyl groups is 1. The van der Waals surface area contributed by atoms with Gasteiger partial charge in [-0.3, -0.25) is 4.79 Å². The number of hydrogen-bond acceptors (Lipinski definition) is 4. The molecule has 2 N–H and O–H groups in total. The molecule has 1 heterocycles. The van der Waals surface area contributed by atoms with Gasteiger partial charge in [-0.15, -0.1) is 0 Å². The van der Waals surface area contributed by atoms with Crippen molar-refractivity contribution in [2.45, 2.75) is 25.8 Å². The Morgan fingerprint density at radius 3 is 3.00 bits per heavy atom. The first-order chi connectivity index (χ1) is 9.22. The molecule has 1 aliphatic heterocycles. The molecule has 5 nitrogen and oxygen atoms in total. The van der Waals surface area contributed by atoms with Crippen molar-refractivity contribution >= 4 is 5.91 Å². The summed E-state index contributed by atoms with van der Waals surface area (Å²) in [4.78, 5) is 12.2. The Hall–Kier alpha value is -1.75. The second kappa shape index (κ2) is 6.43. The van der Waals surface area contributed by atoms with Crippen LogP contribution in [0.4, 0.5) is 0 Å². The number of fused-ring (bicyclic) bond motifs is 1. The molecular formula is C14H19NO4. The van der Waals surface area contributed by atoms with Gasteiger partial charge in [0.15, 0.2) is 11.5 Å². The monoisotopic (exact) mass is 265 g/mol. The van der Waals surface area contributed by atoms with Gasteiger partial charge >= 0.3 is 0 Å². The second-order valence-corrected chi connectivity index (χ2v) is 4.57. The van der Waals surface area contributed by atoms with Gasteiger partial charge in [-0.05, 0) is 31.9 Å². The first-order valence-corrected chi connectivity index (χ1v) is 6.52. The molecule has 0 aliphatic carbocycles. The number of para-hydroxylation sites is 1. The highest BCUT2D eigenvalue weighted by atomic mass is 16.6. The average Bonchev–Trinajstić information content (AvgIpc) is 2.44. The van der Waals surface area contributed by atoms with Crippen LogP contribution < -0.4 is 14.8 Å². The highest BCUT2D eigenvalue weighted by Gasteiger charge is 2.21. The predicted octanol–water partition coefficient (Wildman–Crippen LogP) is 1.35. The van der Waals surface area contributed by atoms with Crippen molar-refractivity contribution < 1.29 is 19.4 Å². The molecule has 0 aromatic heterocycles. The van der Waals surface area contributed by atoms with Crippen molar-refractivity contribution in [2.24, 2.45) is 0 Å². The molecule has 2 rings (SSSR count). The number of amides is 1. The van der Waals surface area contributed by atoms with E-state index < -0.39 is 0 Å². The summed E-state index contributed by atoms with van der Waals surface area (Å²) < 4.78 is 11.0. The molecule has 1 aromatic rings. The number of carbonyl (C=O) groups excluding carboxylic acids is 1. The van der Waals surface area contributed by atoms with Crippen molar-refractivity contribution in [3.63, 3.8) is 0 Å². The molecule has 104 valence electrons. The summed E-state index contributed by atoms with van der Waals surface area (Å²) in [6.07, 6.45) is 1.42. The summed E-state index contributed by atoms with van der Waals surface area (Å²) >= 11 is 0. The van der Waals surface area contributed by atoms with Gasteiger partial charge in [0, 0.05) is 12.6 Å². The maximum atomic E-state index is 12.2. The van der Waals surface area contributed by atoms with Crippen LogP contribution in [-0.4, -0.2) is 36.9 Å². The Morgan fingerprint density at radius 2 is 2.21 bits per heavy atom. The van der Waals surface area contributed by atoms with E-state index in [1.165, 1.54) is 0 Å². The maximum absolute atomic E-state index is 12.2. The standard InChI is InChI=1S/C14H19NO4/c1-10(4-3-7-16)15-14(17)11-5-2-6-12-13(11)19-9-8-18-12/h2,5-6,10,16H,3-4,7-9H2,1H3,(H,15,17). The largest absolute Gasteiger partial charge is 0.486 e. The fourth-order valence-corrected chi connectivity index (χ4v) is 2.02. The van der Waals surface area contributed by atoms with Crippen LogP contribution in [-0.2, 0) is 0 Å². The minimum Gasteiger partial charge on any atom is -0.486 e. The number of ether oxygens (including phenoxy) is 2. The van der Waals surface area contributed by atoms with Gasteiger partial charge in [0.25, 0.3) is 5.91 Å². The number of hydrogen-bond donors (Lipinski definition) is 2. The smallest absolute Gasteiger partial charge is 0.255 e. The van der Waals surface area contributed by atoms with Gasteiger partial charge in [0.1, 0.15) is 13.2 Å². The van der Waals surface area contributed by atoms with Gasteiger partial charge in [-0.25, -0.2) is 0 Å². The molecule has 1 amide bonds. The summed E-state index contributed by atoms with van der Waals surface area (Å²) in [5.74, 6) is 0.954. The van der Waals surface area contributed by atoms with Crippen LogP contribution in [0.5, 0.6) is 11.5 Å². The third-order valence-corrected chi connectivity index (χ3v) is 2.98. The molecule has 0 radical (unpaired) electrons. The molecule has 1 unspecified atom stereocenters. The average molecular weight is 265 g/mol. The highest BCUT2D eigenvalue weighted by molar-refractivity contribution is 5.98. The lowest BCUT2D eigenvalue weighted by atomic mass is 10.1. The zero-order valence-corrected chi connectivity index (χ0v) is 11.0. The Bertz CT molecular complexity index is 447. The maximum Gasteiger partial charge on any atom is 0.255 e. The van der Waals surface area contributed by atoms with Crippen LogP contribution in [0.15, 0.2) is 18.2 Å². The van der Waals surface area contributed by atoms with E-state index in [4.69, 9.17) is 14.6 Å². The first kappa shape index (κ1) is 13.7. The number of nitrogens with one attached hydrogen (secondary N) is 1. The van der Waals surface area contributed by atoms with E-state index in [1.54, 1.807) is 18.2 Å². The predicted molar refractivity (Wildman–Crippen MR) is 70.7 cm³/mol. The second-order valence-electron chi connectivity index (χ2n) is 4.57. The Morgan fingerprint density at radius 1 is 1.42 bits per heavy atom. The fraction of sp³-hybridized carbons (Fsp3) is 0.500. The molecule has 0 spiro atoms. The van der Waals surface area contributed by atoms with Crippen LogP contribution in [0.1, 0.15) is 30.1 Å². The third-order valence-electron chi connectivity index (χ3n) is 2.98. The third kappa shape index (κ3) is 3.38. The van der Waals surface area contributed by atoms with Crippen molar-refractivity contribution in [1.82, 2.24) is 5.32 Å².